The SMILES string of the molecule is COc1ccc(-n2c(SCC(=O)NC(C)c3ccc(C)c(C)c3)nnc2-c2ccncc2)cc1. The van der Waals surface area contributed by atoms with Gasteiger partial charge >= 0.3 is 0 Å². The van der Waals surface area contributed by atoms with E-state index in [1.807, 2.05) is 47.9 Å². The molecule has 0 aliphatic heterocycles. The molecule has 0 fully saturated rings. The van der Waals surface area contributed by atoms with Crippen LogP contribution in [0.3, 0.4) is 0 Å². The van der Waals surface area contributed by atoms with Gasteiger partial charge in [0.25, 0.3) is 0 Å². The average Bonchev–Trinajstić information content (AvgIpc) is 3.29. The summed E-state index contributed by atoms with van der Waals surface area (Å²) in [7, 11) is 1.63. The first-order valence-electron chi connectivity index (χ1n) is 11.0. The predicted molar refractivity (Wildman–Crippen MR) is 134 cm³/mol. The van der Waals surface area contributed by atoms with Crippen LogP contribution in [0.4, 0.5) is 0 Å². The van der Waals surface area contributed by atoms with Crippen molar-refractivity contribution in [1.82, 2.24) is 25.1 Å². The highest BCUT2D eigenvalue weighted by atomic mass is 32.2. The highest BCUT2D eigenvalue weighted by Gasteiger charge is 2.18. The largest absolute Gasteiger partial charge is 0.497 e. The smallest absolute Gasteiger partial charge is 0.230 e. The lowest BCUT2D eigenvalue weighted by atomic mass is 10.0. The van der Waals surface area contributed by atoms with Crippen molar-refractivity contribution in [3.63, 3.8) is 0 Å². The van der Waals surface area contributed by atoms with Crippen molar-refractivity contribution in [3.8, 4) is 22.8 Å². The van der Waals surface area contributed by atoms with Crippen LogP contribution >= 0.6 is 11.8 Å². The number of hydrogen-bond acceptors (Lipinski definition) is 6. The van der Waals surface area contributed by atoms with Crippen LogP contribution in [0.25, 0.3) is 17.1 Å². The molecule has 4 aromatic rings. The normalized spacial score (nSPS) is 11.8. The topological polar surface area (TPSA) is 81.9 Å². The summed E-state index contributed by atoms with van der Waals surface area (Å²) in [4.78, 5) is 16.8. The van der Waals surface area contributed by atoms with Crippen molar-refractivity contribution in [2.45, 2.75) is 32.0 Å². The average molecular weight is 474 g/mol. The van der Waals surface area contributed by atoms with Gasteiger partial charge in [0.15, 0.2) is 11.0 Å². The van der Waals surface area contributed by atoms with Gasteiger partial charge in [0, 0.05) is 23.6 Å². The maximum atomic E-state index is 12.7. The Hall–Kier alpha value is -3.65. The second-order valence-electron chi connectivity index (χ2n) is 8.00. The molecule has 174 valence electrons. The van der Waals surface area contributed by atoms with Gasteiger partial charge < -0.3 is 10.1 Å². The maximum absolute atomic E-state index is 12.7. The van der Waals surface area contributed by atoms with Crippen molar-refractivity contribution in [2.75, 3.05) is 12.9 Å². The lowest BCUT2D eigenvalue weighted by molar-refractivity contribution is -0.119. The van der Waals surface area contributed by atoms with Gasteiger partial charge in [-0.25, -0.2) is 0 Å². The van der Waals surface area contributed by atoms with Gasteiger partial charge in [-0.1, -0.05) is 30.0 Å². The standard InChI is InChI=1S/C26H27N5O2S/c1-17-5-6-21(15-18(17)2)19(3)28-24(32)16-34-26-30-29-25(20-11-13-27-14-12-20)31(26)22-7-9-23(33-4)10-8-22/h5-15,19H,16H2,1-4H3,(H,28,32). The molecule has 2 aromatic heterocycles. The van der Waals surface area contributed by atoms with Crippen LogP contribution in [-0.2, 0) is 4.79 Å². The van der Waals surface area contributed by atoms with Gasteiger partial charge in [-0.15, -0.1) is 10.2 Å². The fraction of sp³-hybridized carbons (Fsp3) is 0.231. The molecule has 1 unspecified atom stereocenters. The summed E-state index contributed by atoms with van der Waals surface area (Å²) in [5.74, 6) is 1.60. The zero-order chi connectivity index (χ0) is 24.1. The number of benzene rings is 2. The molecule has 1 atom stereocenters. The Kier molecular flexibility index (Phi) is 7.27. The molecule has 8 heteroatoms. The van der Waals surface area contributed by atoms with Gasteiger partial charge in [0.2, 0.25) is 5.91 Å². The zero-order valence-corrected chi connectivity index (χ0v) is 20.5. The van der Waals surface area contributed by atoms with E-state index in [0.29, 0.717) is 11.0 Å². The summed E-state index contributed by atoms with van der Waals surface area (Å²) in [6.07, 6.45) is 3.44. The number of ether oxygens (including phenoxy) is 1. The minimum atomic E-state index is -0.0840. The van der Waals surface area contributed by atoms with E-state index in [1.165, 1.54) is 22.9 Å². The second kappa shape index (κ2) is 10.5. The quantitative estimate of drug-likeness (QED) is 0.366. The predicted octanol–water partition coefficient (Wildman–Crippen LogP) is 4.92. The summed E-state index contributed by atoms with van der Waals surface area (Å²) < 4.78 is 7.23. The molecule has 0 saturated heterocycles. The van der Waals surface area contributed by atoms with E-state index < -0.39 is 0 Å². The molecule has 0 bridgehead atoms. The Labute approximate surface area is 203 Å². The zero-order valence-electron chi connectivity index (χ0n) is 19.6. The number of carbonyl (C=O) groups excluding carboxylic acids is 1. The highest BCUT2D eigenvalue weighted by Crippen LogP contribution is 2.29. The number of pyridine rings is 1. The van der Waals surface area contributed by atoms with Crippen molar-refractivity contribution in [3.05, 3.63) is 83.7 Å². The van der Waals surface area contributed by atoms with Crippen molar-refractivity contribution in [2.24, 2.45) is 0 Å². The van der Waals surface area contributed by atoms with Crippen molar-refractivity contribution < 1.29 is 9.53 Å². The minimum Gasteiger partial charge on any atom is -0.497 e. The third-order valence-corrected chi connectivity index (χ3v) is 6.57. The molecule has 0 spiro atoms. The summed E-state index contributed by atoms with van der Waals surface area (Å²) in [5, 5.41) is 12.5. The number of amides is 1. The number of rotatable bonds is 8. The molecule has 1 amide bonds. The van der Waals surface area contributed by atoms with Crippen LogP contribution in [-0.4, -0.2) is 38.5 Å². The number of hydrogen-bond donors (Lipinski definition) is 1. The first-order valence-corrected chi connectivity index (χ1v) is 11.9. The third kappa shape index (κ3) is 5.28. The molecule has 1 N–H and O–H groups in total. The van der Waals surface area contributed by atoms with Crippen LogP contribution in [0, 0.1) is 13.8 Å². The fourth-order valence-corrected chi connectivity index (χ4v) is 4.31. The van der Waals surface area contributed by atoms with E-state index in [4.69, 9.17) is 4.74 Å². The molecular weight excluding hydrogens is 446 g/mol. The summed E-state index contributed by atoms with van der Waals surface area (Å²) in [6, 6.07) is 17.6. The molecule has 7 nitrogen and oxygen atoms in total. The Bertz CT molecular complexity index is 1270. The first-order chi connectivity index (χ1) is 16.5. The van der Waals surface area contributed by atoms with Crippen molar-refractivity contribution in [1.29, 1.82) is 0 Å². The number of aromatic nitrogens is 4. The number of nitrogens with one attached hydrogen (secondary N) is 1. The Morgan fingerprint density at radius 1 is 1.03 bits per heavy atom. The van der Waals surface area contributed by atoms with Gasteiger partial charge in [0.1, 0.15) is 5.75 Å². The fourth-order valence-electron chi connectivity index (χ4n) is 3.55. The number of carbonyl (C=O) groups is 1. The van der Waals surface area contributed by atoms with E-state index >= 15 is 0 Å². The molecule has 0 radical (unpaired) electrons. The lowest BCUT2D eigenvalue weighted by Gasteiger charge is -2.16. The summed E-state index contributed by atoms with van der Waals surface area (Å²) >= 11 is 1.35. The number of methoxy groups -OCH3 is 1. The Morgan fingerprint density at radius 2 is 1.76 bits per heavy atom. The van der Waals surface area contributed by atoms with Crippen LogP contribution in [0.15, 0.2) is 72.1 Å². The van der Waals surface area contributed by atoms with Crippen LogP contribution in [0.1, 0.15) is 29.7 Å². The van der Waals surface area contributed by atoms with E-state index in [0.717, 1.165) is 22.6 Å². The van der Waals surface area contributed by atoms with E-state index in [9.17, 15) is 4.79 Å². The molecular formula is C26H27N5O2S. The van der Waals surface area contributed by atoms with E-state index in [2.05, 4.69) is 52.5 Å². The van der Waals surface area contributed by atoms with Crippen LogP contribution in [0.2, 0.25) is 0 Å². The monoisotopic (exact) mass is 473 g/mol. The van der Waals surface area contributed by atoms with Gasteiger partial charge in [0.05, 0.1) is 18.9 Å². The molecule has 34 heavy (non-hydrogen) atoms. The van der Waals surface area contributed by atoms with Gasteiger partial charge in [-0.3, -0.25) is 14.3 Å². The molecule has 0 aliphatic carbocycles. The first kappa shape index (κ1) is 23.5. The molecule has 4 rings (SSSR count). The number of aryl methyl sites for hydroxylation is 2. The molecule has 0 saturated carbocycles. The molecule has 2 heterocycles. The lowest BCUT2D eigenvalue weighted by Crippen LogP contribution is -2.28. The molecule has 0 aliphatic rings. The van der Waals surface area contributed by atoms with Crippen molar-refractivity contribution >= 4 is 17.7 Å². The Morgan fingerprint density at radius 3 is 2.44 bits per heavy atom. The third-order valence-electron chi connectivity index (χ3n) is 5.64. The minimum absolute atomic E-state index is 0.0644. The van der Waals surface area contributed by atoms with Gasteiger partial charge in [-0.05, 0) is 73.9 Å². The summed E-state index contributed by atoms with van der Waals surface area (Å²) in [6.45, 7) is 6.15. The Balaban J connectivity index is 1.53. The molecule has 2 aromatic carbocycles. The van der Waals surface area contributed by atoms with Crippen LogP contribution < -0.4 is 10.1 Å². The number of thioether (sulfide) groups is 1. The second-order valence-corrected chi connectivity index (χ2v) is 8.94. The highest BCUT2D eigenvalue weighted by molar-refractivity contribution is 7.99. The number of nitrogens with zero attached hydrogens (tertiary/aromatic N) is 4. The summed E-state index contributed by atoms with van der Waals surface area (Å²) in [5.41, 5.74) is 5.30. The van der Waals surface area contributed by atoms with Gasteiger partial charge in [-0.2, -0.15) is 0 Å². The van der Waals surface area contributed by atoms with E-state index in [1.54, 1.807) is 19.5 Å². The van der Waals surface area contributed by atoms with Crippen LogP contribution in [0.5, 0.6) is 5.75 Å². The van der Waals surface area contributed by atoms with E-state index in [-0.39, 0.29) is 17.7 Å². The maximum Gasteiger partial charge on any atom is 0.230 e.